The van der Waals surface area contributed by atoms with Crippen LogP contribution in [0.2, 0.25) is 0 Å². The fourth-order valence-electron chi connectivity index (χ4n) is 4.25. The standard InChI is InChI=1S/C12H21NS/c14-5-1-4-13-7-11-9-2-3-10(6-9)12(11)8-13/h9-12,14H,1-8H2/t9?,10?,11-,12+. The number of fused-ring (bicyclic) bond motifs is 5. The lowest BCUT2D eigenvalue weighted by molar-refractivity contribution is 0.281. The van der Waals surface area contributed by atoms with Crippen molar-refractivity contribution in [1.82, 2.24) is 4.90 Å². The van der Waals surface area contributed by atoms with Crippen LogP contribution in [-0.2, 0) is 0 Å². The second-order valence-electron chi connectivity index (χ2n) is 5.50. The minimum absolute atomic E-state index is 1.05. The van der Waals surface area contributed by atoms with Crippen LogP contribution >= 0.6 is 12.6 Å². The Morgan fingerprint density at radius 2 is 1.71 bits per heavy atom. The molecule has 0 amide bonds. The highest BCUT2D eigenvalue weighted by atomic mass is 32.1. The van der Waals surface area contributed by atoms with Crippen molar-refractivity contribution in [3.05, 3.63) is 0 Å². The second-order valence-corrected chi connectivity index (χ2v) is 5.94. The molecule has 2 aliphatic carbocycles. The topological polar surface area (TPSA) is 3.24 Å². The molecule has 2 bridgehead atoms. The van der Waals surface area contributed by atoms with Gasteiger partial charge in [0.1, 0.15) is 0 Å². The summed E-state index contributed by atoms with van der Waals surface area (Å²) in [7, 11) is 0. The van der Waals surface area contributed by atoms with Crippen molar-refractivity contribution in [1.29, 1.82) is 0 Å². The third-order valence-electron chi connectivity index (χ3n) is 4.85. The molecule has 2 unspecified atom stereocenters. The summed E-state index contributed by atoms with van der Waals surface area (Å²) in [6, 6.07) is 0. The summed E-state index contributed by atoms with van der Waals surface area (Å²) < 4.78 is 0. The highest BCUT2D eigenvalue weighted by Crippen LogP contribution is 2.54. The number of rotatable bonds is 3. The molecule has 1 saturated heterocycles. The molecular weight excluding hydrogens is 190 g/mol. The third-order valence-corrected chi connectivity index (χ3v) is 5.16. The van der Waals surface area contributed by atoms with Gasteiger partial charge in [-0.15, -0.1) is 0 Å². The Labute approximate surface area is 92.7 Å². The van der Waals surface area contributed by atoms with Crippen LogP contribution in [0.25, 0.3) is 0 Å². The van der Waals surface area contributed by atoms with E-state index in [1.54, 1.807) is 19.3 Å². The van der Waals surface area contributed by atoms with Crippen LogP contribution in [0, 0.1) is 23.7 Å². The van der Waals surface area contributed by atoms with Crippen LogP contribution in [-0.4, -0.2) is 30.3 Å². The highest BCUT2D eigenvalue weighted by Gasteiger charge is 2.51. The molecule has 3 fully saturated rings. The van der Waals surface area contributed by atoms with Gasteiger partial charge in [-0.2, -0.15) is 12.6 Å². The van der Waals surface area contributed by atoms with Crippen molar-refractivity contribution in [2.24, 2.45) is 23.7 Å². The Morgan fingerprint density at radius 3 is 2.29 bits per heavy atom. The van der Waals surface area contributed by atoms with Crippen LogP contribution in [0.15, 0.2) is 0 Å². The normalized spacial score (nSPS) is 46.1. The van der Waals surface area contributed by atoms with Gasteiger partial charge in [0.25, 0.3) is 0 Å². The van der Waals surface area contributed by atoms with Crippen LogP contribution in [0.1, 0.15) is 25.7 Å². The van der Waals surface area contributed by atoms with Crippen LogP contribution in [0.4, 0.5) is 0 Å². The monoisotopic (exact) mass is 211 g/mol. The molecule has 80 valence electrons. The lowest BCUT2D eigenvalue weighted by Crippen LogP contribution is -2.24. The van der Waals surface area contributed by atoms with E-state index in [0.29, 0.717) is 0 Å². The van der Waals surface area contributed by atoms with E-state index in [9.17, 15) is 0 Å². The first kappa shape index (κ1) is 9.53. The van der Waals surface area contributed by atoms with Crippen molar-refractivity contribution in [2.75, 3.05) is 25.4 Å². The lowest BCUT2D eigenvalue weighted by atomic mass is 9.82. The summed E-state index contributed by atoms with van der Waals surface area (Å²) >= 11 is 4.30. The van der Waals surface area contributed by atoms with E-state index >= 15 is 0 Å². The molecule has 3 aliphatic rings. The molecule has 2 heteroatoms. The Hall–Kier alpha value is 0.310. The van der Waals surface area contributed by atoms with Gasteiger partial charge in [0.05, 0.1) is 0 Å². The lowest BCUT2D eigenvalue weighted by Gasteiger charge is -2.22. The first-order valence-electron chi connectivity index (χ1n) is 6.21. The van der Waals surface area contributed by atoms with E-state index in [1.165, 1.54) is 26.1 Å². The zero-order chi connectivity index (χ0) is 9.54. The summed E-state index contributed by atoms with van der Waals surface area (Å²) in [6.07, 6.45) is 5.95. The molecule has 0 aromatic carbocycles. The summed E-state index contributed by atoms with van der Waals surface area (Å²) in [5.41, 5.74) is 0. The Kier molecular flexibility index (Phi) is 2.53. The zero-order valence-electron chi connectivity index (χ0n) is 8.86. The fraction of sp³-hybridized carbons (Fsp3) is 1.00. The Balaban J connectivity index is 1.60. The van der Waals surface area contributed by atoms with Gasteiger partial charge in [0, 0.05) is 13.1 Å². The van der Waals surface area contributed by atoms with Crippen molar-refractivity contribution in [2.45, 2.75) is 25.7 Å². The van der Waals surface area contributed by atoms with E-state index in [-0.39, 0.29) is 0 Å². The third kappa shape index (κ3) is 1.42. The molecule has 1 nitrogen and oxygen atoms in total. The van der Waals surface area contributed by atoms with Crippen molar-refractivity contribution < 1.29 is 0 Å². The van der Waals surface area contributed by atoms with Gasteiger partial charge in [0.15, 0.2) is 0 Å². The van der Waals surface area contributed by atoms with Crippen LogP contribution < -0.4 is 0 Å². The molecule has 0 aromatic heterocycles. The minimum atomic E-state index is 1.05. The van der Waals surface area contributed by atoms with Gasteiger partial charge in [-0.25, -0.2) is 0 Å². The predicted molar refractivity (Wildman–Crippen MR) is 62.7 cm³/mol. The first-order valence-corrected chi connectivity index (χ1v) is 6.85. The average molecular weight is 211 g/mol. The quantitative estimate of drug-likeness (QED) is 0.701. The van der Waals surface area contributed by atoms with E-state index in [1.807, 2.05) is 0 Å². The minimum Gasteiger partial charge on any atom is -0.303 e. The molecule has 4 atom stereocenters. The molecular formula is C12H21NS. The molecule has 3 rings (SSSR count). The maximum atomic E-state index is 4.30. The Morgan fingerprint density at radius 1 is 1.07 bits per heavy atom. The SMILES string of the molecule is SCCCN1C[C@@H]2C3CCC(C3)[C@@H]2C1. The molecule has 0 N–H and O–H groups in total. The second kappa shape index (κ2) is 3.71. The van der Waals surface area contributed by atoms with Gasteiger partial charge in [-0.3, -0.25) is 0 Å². The number of likely N-dealkylation sites (tertiary alicyclic amines) is 1. The first-order chi connectivity index (χ1) is 6.88. The fourth-order valence-corrected chi connectivity index (χ4v) is 4.39. The number of thiol groups is 1. The highest BCUT2D eigenvalue weighted by molar-refractivity contribution is 7.80. The zero-order valence-corrected chi connectivity index (χ0v) is 9.76. The summed E-state index contributed by atoms with van der Waals surface area (Å²) in [4.78, 5) is 2.70. The maximum absolute atomic E-state index is 4.30. The maximum Gasteiger partial charge on any atom is 0.00157 e. The largest absolute Gasteiger partial charge is 0.303 e. The predicted octanol–water partition coefficient (Wildman–Crippen LogP) is 2.28. The van der Waals surface area contributed by atoms with Crippen LogP contribution in [0.5, 0.6) is 0 Å². The summed E-state index contributed by atoms with van der Waals surface area (Å²) in [6.45, 7) is 4.13. The van der Waals surface area contributed by atoms with E-state index in [0.717, 1.165) is 29.4 Å². The smallest absolute Gasteiger partial charge is 0.00157 e. The number of hydrogen-bond acceptors (Lipinski definition) is 2. The van der Waals surface area contributed by atoms with Gasteiger partial charge < -0.3 is 4.90 Å². The molecule has 0 spiro atoms. The van der Waals surface area contributed by atoms with Crippen LogP contribution in [0.3, 0.4) is 0 Å². The number of nitrogens with zero attached hydrogens (tertiary/aromatic N) is 1. The van der Waals surface area contributed by atoms with Crippen molar-refractivity contribution in [3.63, 3.8) is 0 Å². The van der Waals surface area contributed by atoms with E-state index in [2.05, 4.69) is 17.5 Å². The molecule has 0 aromatic rings. The summed E-state index contributed by atoms with van der Waals surface area (Å²) in [5, 5.41) is 0. The average Bonchev–Trinajstić information content (AvgIpc) is 2.85. The molecule has 14 heavy (non-hydrogen) atoms. The van der Waals surface area contributed by atoms with Crippen molar-refractivity contribution >= 4 is 12.6 Å². The van der Waals surface area contributed by atoms with E-state index < -0.39 is 0 Å². The number of hydrogen-bond donors (Lipinski definition) is 1. The molecule has 1 heterocycles. The molecule has 2 saturated carbocycles. The van der Waals surface area contributed by atoms with Gasteiger partial charge in [-0.1, -0.05) is 0 Å². The van der Waals surface area contributed by atoms with Gasteiger partial charge in [0.2, 0.25) is 0 Å². The van der Waals surface area contributed by atoms with Gasteiger partial charge >= 0.3 is 0 Å². The Bertz CT molecular complexity index is 200. The molecule has 1 aliphatic heterocycles. The van der Waals surface area contributed by atoms with Crippen molar-refractivity contribution in [3.8, 4) is 0 Å². The molecule has 0 radical (unpaired) electrons. The summed E-state index contributed by atoms with van der Waals surface area (Å²) in [5.74, 6) is 5.47. The van der Waals surface area contributed by atoms with Gasteiger partial charge in [-0.05, 0) is 61.7 Å². The van der Waals surface area contributed by atoms with E-state index in [4.69, 9.17) is 0 Å².